The largest absolute Gasteiger partial charge is 0.469 e. The zero-order chi connectivity index (χ0) is 25.7. The van der Waals surface area contributed by atoms with Crippen LogP contribution in [0.4, 0.5) is 5.82 Å². The second-order valence-electron chi connectivity index (χ2n) is 7.78. The van der Waals surface area contributed by atoms with E-state index in [1.165, 1.54) is 12.3 Å². The lowest BCUT2D eigenvalue weighted by Crippen LogP contribution is -2.31. The summed E-state index contributed by atoms with van der Waals surface area (Å²) < 4.78 is 28.1. The van der Waals surface area contributed by atoms with Crippen LogP contribution in [0.5, 0.6) is 0 Å². The number of carbonyl (C=O) groups excluding carboxylic acids is 2. The van der Waals surface area contributed by atoms with Crippen LogP contribution in [-0.2, 0) is 18.6 Å². The molecule has 3 unspecified atom stereocenters. The number of nitrogens with zero attached hydrogens (tertiary/aromatic N) is 2. The Morgan fingerprint density at radius 1 is 1.06 bits per heavy atom. The molecule has 4 rings (SSSR count). The van der Waals surface area contributed by atoms with Gasteiger partial charge in [-0.15, -0.1) is 0 Å². The monoisotopic (exact) mass is 515 g/mol. The van der Waals surface area contributed by atoms with E-state index < -0.39 is 50.4 Å². The van der Waals surface area contributed by atoms with Gasteiger partial charge in [-0.1, -0.05) is 36.4 Å². The smallest absolute Gasteiger partial charge is 0.456 e. The van der Waals surface area contributed by atoms with Gasteiger partial charge in [-0.2, -0.15) is 4.98 Å². The maximum atomic E-state index is 12.7. The van der Waals surface area contributed by atoms with Crippen molar-refractivity contribution in [1.82, 2.24) is 9.55 Å². The lowest BCUT2D eigenvalue weighted by Gasteiger charge is -2.19. The molecule has 1 aliphatic rings. The van der Waals surface area contributed by atoms with Gasteiger partial charge in [0.05, 0.1) is 12.2 Å². The third-order valence-electron chi connectivity index (χ3n) is 5.27. The minimum absolute atomic E-state index is 0.00886. The number of hydrogen-bond acceptors (Lipinski definition) is 8. The molecule has 0 spiro atoms. The molecule has 3 atom stereocenters. The number of nitrogens with one attached hydrogen (secondary N) is 1. The van der Waals surface area contributed by atoms with Crippen LogP contribution < -0.4 is 11.0 Å². The number of carbonyl (C=O) groups is 2. The third kappa shape index (κ3) is 6.51. The standard InChI is InChI=1S/C23H22N3O9P/c27-21(15-7-3-1-4-8-15)24-19-11-12-26(23(29)25-19)20-13-17(18(34-20)14-33-36(30,31)32)35-22(28)16-9-5-2-6-10-16/h1-12,17-18,20H,13-14H2,(H2,30,31,32)(H,24,25,27,29). The zero-order valence-electron chi connectivity index (χ0n) is 18.7. The summed E-state index contributed by atoms with van der Waals surface area (Å²) in [7, 11) is -4.83. The molecular formula is C23H22N3O9P. The highest BCUT2D eigenvalue weighted by Gasteiger charge is 2.40. The van der Waals surface area contributed by atoms with Gasteiger partial charge in [0.25, 0.3) is 5.91 Å². The van der Waals surface area contributed by atoms with Gasteiger partial charge in [-0.05, 0) is 30.3 Å². The second-order valence-corrected chi connectivity index (χ2v) is 9.02. The van der Waals surface area contributed by atoms with Crippen LogP contribution in [0.2, 0.25) is 0 Å². The van der Waals surface area contributed by atoms with Crippen LogP contribution in [0.1, 0.15) is 33.4 Å². The second kappa shape index (κ2) is 10.9. The summed E-state index contributed by atoms with van der Waals surface area (Å²) in [5.41, 5.74) is -0.0953. The van der Waals surface area contributed by atoms with Crippen LogP contribution in [0.25, 0.3) is 0 Å². The van der Waals surface area contributed by atoms with Crippen molar-refractivity contribution in [2.75, 3.05) is 11.9 Å². The molecule has 0 saturated carbocycles. The number of esters is 1. The number of phosphoric acid groups is 1. The molecule has 0 radical (unpaired) electrons. The normalized spacial score (nSPS) is 19.6. The number of benzene rings is 2. The van der Waals surface area contributed by atoms with Crippen LogP contribution in [0.3, 0.4) is 0 Å². The highest BCUT2D eigenvalue weighted by atomic mass is 31.2. The summed E-state index contributed by atoms with van der Waals surface area (Å²) in [6.45, 7) is -0.582. The Morgan fingerprint density at radius 3 is 2.31 bits per heavy atom. The van der Waals surface area contributed by atoms with E-state index in [0.29, 0.717) is 5.56 Å². The molecule has 36 heavy (non-hydrogen) atoms. The van der Waals surface area contributed by atoms with Crippen molar-refractivity contribution < 1.29 is 37.9 Å². The van der Waals surface area contributed by atoms with Crippen LogP contribution in [0, 0.1) is 0 Å². The van der Waals surface area contributed by atoms with Crippen molar-refractivity contribution >= 4 is 25.5 Å². The first kappa shape index (κ1) is 25.4. The molecule has 12 nitrogen and oxygen atoms in total. The molecule has 1 fully saturated rings. The van der Waals surface area contributed by atoms with Gasteiger partial charge >= 0.3 is 19.5 Å². The molecule has 1 aliphatic heterocycles. The molecule has 188 valence electrons. The lowest BCUT2D eigenvalue weighted by atomic mass is 10.1. The van der Waals surface area contributed by atoms with Crippen LogP contribution >= 0.6 is 7.82 Å². The van der Waals surface area contributed by atoms with E-state index >= 15 is 0 Å². The van der Waals surface area contributed by atoms with E-state index in [2.05, 4.69) is 14.8 Å². The summed E-state index contributed by atoms with van der Waals surface area (Å²) in [6.07, 6.45) is -1.67. The summed E-state index contributed by atoms with van der Waals surface area (Å²) in [6, 6.07) is 17.9. The first-order valence-electron chi connectivity index (χ1n) is 10.8. The maximum absolute atomic E-state index is 12.7. The van der Waals surface area contributed by atoms with Crippen LogP contribution in [0.15, 0.2) is 77.7 Å². The van der Waals surface area contributed by atoms with E-state index in [1.54, 1.807) is 60.7 Å². The van der Waals surface area contributed by atoms with Crippen molar-refractivity contribution in [3.05, 3.63) is 94.5 Å². The first-order chi connectivity index (χ1) is 17.2. The van der Waals surface area contributed by atoms with Gasteiger partial charge in [0.2, 0.25) is 0 Å². The number of phosphoric ester groups is 1. The van der Waals surface area contributed by atoms with Gasteiger partial charge in [-0.25, -0.2) is 14.2 Å². The van der Waals surface area contributed by atoms with Crippen molar-refractivity contribution in [2.45, 2.75) is 24.9 Å². The molecular weight excluding hydrogens is 493 g/mol. The number of rotatable bonds is 8. The predicted octanol–water partition coefficient (Wildman–Crippen LogP) is 2.12. The summed E-state index contributed by atoms with van der Waals surface area (Å²) in [4.78, 5) is 59.5. The Labute approximate surface area is 204 Å². The molecule has 3 aromatic rings. The Hall–Kier alpha value is -3.67. The molecule has 1 aromatic heterocycles. The quantitative estimate of drug-likeness (QED) is 0.299. The molecule has 3 N–H and O–H groups in total. The van der Waals surface area contributed by atoms with Crippen molar-refractivity contribution in [3.63, 3.8) is 0 Å². The van der Waals surface area contributed by atoms with Gasteiger partial charge in [0.1, 0.15) is 24.3 Å². The lowest BCUT2D eigenvalue weighted by molar-refractivity contribution is -0.0512. The maximum Gasteiger partial charge on any atom is 0.469 e. The van der Waals surface area contributed by atoms with Crippen molar-refractivity contribution in [3.8, 4) is 0 Å². The summed E-state index contributed by atoms with van der Waals surface area (Å²) in [5, 5.41) is 2.54. The highest BCUT2D eigenvalue weighted by molar-refractivity contribution is 7.46. The number of anilines is 1. The molecule has 0 aliphatic carbocycles. The van der Waals surface area contributed by atoms with Crippen molar-refractivity contribution in [2.24, 2.45) is 0 Å². The average Bonchev–Trinajstić information content (AvgIpc) is 3.25. The molecule has 1 amide bonds. The van der Waals surface area contributed by atoms with E-state index in [9.17, 15) is 18.9 Å². The summed E-state index contributed by atoms with van der Waals surface area (Å²) >= 11 is 0. The van der Waals surface area contributed by atoms with E-state index in [1.807, 2.05) is 0 Å². The number of hydrogen-bond donors (Lipinski definition) is 3. The molecule has 2 heterocycles. The highest BCUT2D eigenvalue weighted by Crippen LogP contribution is 2.38. The molecule has 2 aromatic carbocycles. The van der Waals surface area contributed by atoms with Crippen molar-refractivity contribution in [1.29, 1.82) is 0 Å². The first-order valence-corrected chi connectivity index (χ1v) is 12.3. The fraction of sp³-hybridized carbons (Fsp3) is 0.217. The minimum atomic E-state index is -4.83. The van der Waals surface area contributed by atoms with E-state index in [-0.39, 0.29) is 17.8 Å². The molecule has 1 saturated heterocycles. The Bertz CT molecular complexity index is 1330. The van der Waals surface area contributed by atoms with E-state index in [0.717, 1.165) is 4.57 Å². The van der Waals surface area contributed by atoms with Gasteiger partial charge in [0.15, 0.2) is 0 Å². The van der Waals surface area contributed by atoms with Gasteiger partial charge in [-0.3, -0.25) is 13.9 Å². The fourth-order valence-electron chi connectivity index (χ4n) is 3.58. The van der Waals surface area contributed by atoms with Gasteiger partial charge < -0.3 is 24.6 Å². The zero-order valence-corrected chi connectivity index (χ0v) is 19.6. The van der Waals surface area contributed by atoms with E-state index in [4.69, 9.17) is 19.3 Å². The topological polar surface area (TPSA) is 166 Å². The predicted molar refractivity (Wildman–Crippen MR) is 125 cm³/mol. The number of aromatic nitrogens is 2. The number of ether oxygens (including phenoxy) is 2. The van der Waals surface area contributed by atoms with Crippen LogP contribution in [-0.4, -0.2) is 50.0 Å². The molecule has 0 bridgehead atoms. The number of amides is 1. The summed E-state index contributed by atoms with van der Waals surface area (Å²) in [5.74, 6) is -1.09. The van der Waals surface area contributed by atoms with Gasteiger partial charge in [0, 0.05) is 18.2 Å². The Kier molecular flexibility index (Phi) is 7.73. The average molecular weight is 515 g/mol. The molecule has 13 heteroatoms. The minimum Gasteiger partial charge on any atom is -0.456 e. The fourth-order valence-corrected chi connectivity index (χ4v) is 3.92. The third-order valence-corrected chi connectivity index (χ3v) is 5.76. The Balaban J connectivity index is 1.49. The SMILES string of the molecule is O=C(Nc1ccn(C2CC(OC(=O)c3ccccc3)C(COP(=O)(O)O)O2)c(=O)n1)c1ccccc1. The Morgan fingerprint density at radius 2 is 1.69 bits per heavy atom.